The van der Waals surface area contributed by atoms with E-state index in [9.17, 15) is 9.59 Å². The van der Waals surface area contributed by atoms with Gasteiger partial charge in [-0.15, -0.1) is 0 Å². The standard InChI is InChI=1S/C11H9ClN2O2/c12-8-3-5(1-2-9(8)13)14-10(15)6-4-7(6)11(14)16/h1-3,6-7H,4,13H2. The Hall–Kier alpha value is -1.55. The molecule has 1 saturated heterocycles. The summed E-state index contributed by atoms with van der Waals surface area (Å²) in [5.74, 6) is -0.417. The molecule has 1 saturated carbocycles. The molecule has 1 aromatic carbocycles. The fourth-order valence-corrected chi connectivity index (χ4v) is 2.27. The molecule has 82 valence electrons. The quantitative estimate of drug-likeness (QED) is 0.593. The van der Waals surface area contributed by atoms with Gasteiger partial charge in [0, 0.05) is 0 Å². The van der Waals surface area contributed by atoms with Crippen LogP contribution in [0.4, 0.5) is 11.4 Å². The maximum Gasteiger partial charge on any atom is 0.237 e. The first-order valence-corrected chi connectivity index (χ1v) is 5.40. The van der Waals surface area contributed by atoms with E-state index in [0.717, 1.165) is 0 Å². The third-order valence-corrected chi connectivity index (χ3v) is 3.44. The lowest BCUT2D eigenvalue weighted by atomic mass is 10.2. The van der Waals surface area contributed by atoms with Crippen molar-refractivity contribution in [2.24, 2.45) is 11.8 Å². The number of nitrogens with zero attached hydrogens (tertiary/aromatic N) is 1. The minimum atomic E-state index is -0.115. The first-order valence-electron chi connectivity index (χ1n) is 5.02. The Morgan fingerprint density at radius 2 is 1.88 bits per heavy atom. The van der Waals surface area contributed by atoms with Gasteiger partial charge in [0.15, 0.2) is 0 Å². The van der Waals surface area contributed by atoms with Crippen molar-refractivity contribution in [2.45, 2.75) is 6.42 Å². The number of carbonyl (C=O) groups excluding carboxylic acids is 2. The van der Waals surface area contributed by atoms with Crippen molar-refractivity contribution in [1.82, 2.24) is 0 Å². The van der Waals surface area contributed by atoms with Crippen LogP contribution in [0, 0.1) is 11.8 Å². The monoisotopic (exact) mass is 236 g/mol. The average Bonchev–Trinajstić information content (AvgIpc) is 2.98. The van der Waals surface area contributed by atoms with Crippen molar-refractivity contribution in [3.8, 4) is 0 Å². The van der Waals surface area contributed by atoms with Gasteiger partial charge in [0.1, 0.15) is 0 Å². The molecule has 0 bridgehead atoms. The summed E-state index contributed by atoms with van der Waals surface area (Å²) in [7, 11) is 0. The summed E-state index contributed by atoms with van der Waals surface area (Å²) in [4.78, 5) is 24.8. The molecule has 2 unspecified atom stereocenters. The summed E-state index contributed by atoms with van der Waals surface area (Å²) in [6.45, 7) is 0. The van der Waals surface area contributed by atoms with Gasteiger partial charge in [-0.2, -0.15) is 0 Å². The summed E-state index contributed by atoms with van der Waals surface area (Å²) in [5, 5.41) is 0.360. The highest BCUT2D eigenvalue weighted by Gasteiger charge is 2.59. The number of nitrogens with two attached hydrogens (primary N) is 1. The van der Waals surface area contributed by atoms with Crippen LogP contribution in [0.1, 0.15) is 6.42 Å². The van der Waals surface area contributed by atoms with Gasteiger partial charge in [-0.25, -0.2) is 0 Å². The van der Waals surface area contributed by atoms with Gasteiger partial charge in [-0.05, 0) is 24.6 Å². The molecule has 5 heteroatoms. The summed E-state index contributed by atoms with van der Waals surface area (Å²) in [6.07, 6.45) is 0.705. The molecule has 2 amide bonds. The number of rotatable bonds is 1. The summed E-state index contributed by atoms with van der Waals surface area (Å²) >= 11 is 5.86. The van der Waals surface area contributed by atoms with Gasteiger partial charge >= 0.3 is 0 Å². The second-order valence-electron chi connectivity index (χ2n) is 4.17. The Labute approximate surface area is 97.0 Å². The topological polar surface area (TPSA) is 63.4 Å². The first-order chi connectivity index (χ1) is 7.59. The Morgan fingerprint density at radius 1 is 1.25 bits per heavy atom. The SMILES string of the molecule is Nc1ccc(N2C(=O)C3CC3C2=O)cc1Cl. The van der Waals surface area contributed by atoms with Crippen molar-refractivity contribution >= 4 is 34.8 Å². The van der Waals surface area contributed by atoms with Crippen LogP contribution in [0.15, 0.2) is 18.2 Å². The maximum atomic E-state index is 11.8. The second-order valence-corrected chi connectivity index (χ2v) is 4.57. The molecule has 2 aliphatic rings. The minimum absolute atomic E-state index is 0.0937. The lowest BCUT2D eigenvalue weighted by molar-refractivity contribution is -0.123. The zero-order valence-electron chi connectivity index (χ0n) is 8.31. The van der Waals surface area contributed by atoms with E-state index in [4.69, 9.17) is 17.3 Å². The molecular formula is C11H9ClN2O2. The Balaban J connectivity index is 2.01. The molecule has 1 aliphatic carbocycles. The third-order valence-electron chi connectivity index (χ3n) is 3.11. The molecule has 0 radical (unpaired) electrons. The lowest BCUT2D eigenvalue weighted by Crippen LogP contribution is -2.32. The fraction of sp³-hybridized carbons (Fsp3) is 0.273. The maximum absolute atomic E-state index is 11.8. The number of halogens is 1. The highest BCUT2D eigenvalue weighted by molar-refractivity contribution is 6.34. The Morgan fingerprint density at radius 3 is 2.44 bits per heavy atom. The smallest absolute Gasteiger partial charge is 0.237 e. The number of imide groups is 1. The van der Waals surface area contributed by atoms with E-state index < -0.39 is 0 Å². The first kappa shape index (κ1) is 9.66. The van der Waals surface area contributed by atoms with E-state index in [-0.39, 0.29) is 23.7 Å². The summed E-state index contributed by atoms with van der Waals surface area (Å²) < 4.78 is 0. The highest BCUT2D eigenvalue weighted by Crippen LogP contribution is 2.48. The predicted octanol–water partition coefficient (Wildman–Crippen LogP) is 1.43. The van der Waals surface area contributed by atoms with E-state index in [1.165, 1.54) is 4.90 Å². The van der Waals surface area contributed by atoms with Crippen LogP contribution < -0.4 is 10.6 Å². The molecule has 0 spiro atoms. The average molecular weight is 237 g/mol. The van der Waals surface area contributed by atoms with Gasteiger partial charge in [-0.3, -0.25) is 14.5 Å². The van der Waals surface area contributed by atoms with E-state index in [0.29, 0.717) is 22.8 Å². The van der Waals surface area contributed by atoms with Crippen LogP contribution in [0.25, 0.3) is 0 Å². The molecule has 2 N–H and O–H groups in total. The van der Waals surface area contributed by atoms with Crippen molar-refractivity contribution < 1.29 is 9.59 Å². The molecule has 1 heterocycles. The highest BCUT2D eigenvalue weighted by atomic mass is 35.5. The van der Waals surface area contributed by atoms with Crippen molar-refractivity contribution in [3.05, 3.63) is 23.2 Å². The van der Waals surface area contributed by atoms with Gasteiger partial charge in [0.05, 0.1) is 28.2 Å². The number of hydrogen-bond acceptors (Lipinski definition) is 3. The Kier molecular flexibility index (Phi) is 1.80. The number of amides is 2. The zero-order chi connectivity index (χ0) is 11.4. The van der Waals surface area contributed by atoms with Crippen LogP contribution in [0.2, 0.25) is 5.02 Å². The largest absolute Gasteiger partial charge is 0.398 e. The molecule has 16 heavy (non-hydrogen) atoms. The van der Waals surface area contributed by atoms with Crippen LogP contribution in [0.5, 0.6) is 0 Å². The molecule has 4 nitrogen and oxygen atoms in total. The molecule has 2 atom stereocenters. The molecule has 2 fully saturated rings. The van der Waals surface area contributed by atoms with Crippen molar-refractivity contribution in [3.63, 3.8) is 0 Å². The molecular weight excluding hydrogens is 228 g/mol. The lowest BCUT2D eigenvalue weighted by Gasteiger charge is -2.16. The van der Waals surface area contributed by atoms with Crippen LogP contribution in [-0.2, 0) is 9.59 Å². The molecule has 1 aliphatic heterocycles. The van der Waals surface area contributed by atoms with Crippen LogP contribution >= 0.6 is 11.6 Å². The predicted molar refractivity (Wildman–Crippen MR) is 60.0 cm³/mol. The molecule has 1 aromatic rings. The summed E-state index contributed by atoms with van der Waals surface area (Å²) in [5.41, 5.74) is 6.53. The second kappa shape index (κ2) is 2.98. The molecule has 0 aromatic heterocycles. The Bertz CT molecular complexity index is 495. The summed E-state index contributed by atoms with van der Waals surface area (Å²) in [6, 6.07) is 4.79. The number of piperidine rings is 1. The number of fused-ring (bicyclic) bond motifs is 1. The number of carbonyl (C=O) groups is 2. The number of benzene rings is 1. The third kappa shape index (κ3) is 1.16. The number of anilines is 2. The normalized spacial score (nSPS) is 27.2. The van der Waals surface area contributed by atoms with Gasteiger partial charge in [0.25, 0.3) is 0 Å². The van der Waals surface area contributed by atoms with Gasteiger partial charge in [0.2, 0.25) is 11.8 Å². The van der Waals surface area contributed by atoms with Crippen molar-refractivity contribution in [2.75, 3.05) is 10.6 Å². The van der Waals surface area contributed by atoms with Crippen molar-refractivity contribution in [1.29, 1.82) is 0 Å². The van der Waals surface area contributed by atoms with E-state index >= 15 is 0 Å². The molecule has 3 rings (SSSR count). The van der Waals surface area contributed by atoms with E-state index in [2.05, 4.69) is 0 Å². The van der Waals surface area contributed by atoms with Gasteiger partial charge in [-0.1, -0.05) is 11.6 Å². The zero-order valence-corrected chi connectivity index (χ0v) is 9.07. The van der Waals surface area contributed by atoms with Gasteiger partial charge < -0.3 is 5.73 Å². The van der Waals surface area contributed by atoms with E-state index in [1.54, 1.807) is 18.2 Å². The van der Waals surface area contributed by atoms with E-state index in [1.807, 2.05) is 0 Å². The minimum Gasteiger partial charge on any atom is -0.398 e. The van der Waals surface area contributed by atoms with Crippen LogP contribution in [0.3, 0.4) is 0 Å². The number of hydrogen-bond donors (Lipinski definition) is 1. The fourth-order valence-electron chi connectivity index (χ4n) is 2.09. The van der Waals surface area contributed by atoms with Crippen LogP contribution in [-0.4, -0.2) is 11.8 Å². The number of nitrogen functional groups attached to an aromatic ring is 1.